The molecule has 36 heavy (non-hydrogen) atoms. The normalized spacial score (nSPS) is 24.6. The molecule has 1 aromatic carbocycles. The molecule has 0 bridgehead atoms. The lowest BCUT2D eigenvalue weighted by molar-refractivity contribution is 0.0280. The Balaban J connectivity index is 1.48. The van der Waals surface area contributed by atoms with E-state index < -0.39 is 20.0 Å². The van der Waals surface area contributed by atoms with Crippen LogP contribution in [0.2, 0.25) is 0 Å². The number of rotatable bonds is 5. The fourth-order valence-electron chi connectivity index (χ4n) is 5.68. The van der Waals surface area contributed by atoms with Crippen molar-refractivity contribution in [3.05, 3.63) is 48.3 Å². The fourth-order valence-corrected chi connectivity index (χ4v) is 7.86. The second kappa shape index (κ2) is 8.61. The Morgan fingerprint density at radius 1 is 1.00 bits per heavy atom. The second-order valence-corrected chi connectivity index (χ2v) is 14.8. The molecule has 1 aliphatic heterocycles. The molecule has 2 fully saturated rings. The first-order valence-corrected chi connectivity index (χ1v) is 15.0. The van der Waals surface area contributed by atoms with E-state index in [2.05, 4.69) is 23.9 Å². The molecule has 0 amide bonds. The zero-order valence-electron chi connectivity index (χ0n) is 21.0. The Hall–Kier alpha value is -2.34. The largest absolute Gasteiger partial charge is 0.375 e. The smallest absolute Gasteiger partial charge is 0.283 e. The first-order chi connectivity index (χ1) is 16.8. The van der Waals surface area contributed by atoms with E-state index in [9.17, 15) is 16.8 Å². The maximum Gasteiger partial charge on any atom is 0.283 e. The molecule has 0 atom stereocenters. The SMILES string of the molecule is CN(C)S(=O)(=O)c1ccc(S(=O)(=O)n2nc(C3CCC4(CC3)COC(C)(C)C4)c3ncccc32)cc1. The van der Waals surface area contributed by atoms with Crippen molar-refractivity contribution in [1.82, 2.24) is 18.5 Å². The molecule has 1 saturated heterocycles. The molecular formula is C25H32N4O5S2. The van der Waals surface area contributed by atoms with Gasteiger partial charge in [-0.1, -0.05) is 0 Å². The van der Waals surface area contributed by atoms with Crippen LogP contribution >= 0.6 is 0 Å². The highest BCUT2D eigenvalue weighted by Crippen LogP contribution is 2.52. The van der Waals surface area contributed by atoms with Crippen molar-refractivity contribution in [2.24, 2.45) is 5.41 Å². The van der Waals surface area contributed by atoms with Gasteiger partial charge in [-0.25, -0.2) is 12.7 Å². The van der Waals surface area contributed by atoms with Crippen molar-refractivity contribution < 1.29 is 21.6 Å². The van der Waals surface area contributed by atoms with Crippen LogP contribution in [0, 0.1) is 5.41 Å². The van der Waals surface area contributed by atoms with Gasteiger partial charge in [0.2, 0.25) is 10.0 Å². The van der Waals surface area contributed by atoms with E-state index >= 15 is 0 Å². The molecule has 1 spiro atoms. The van der Waals surface area contributed by atoms with Crippen LogP contribution in [-0.2, 0) is 24.8 Å². The summed E-state index contributed by atoms with van der Waals surface area (Å²) in [4.78, 5) is 4.49. The van der Waals surface area contributed by atoms with Crippen LogP contribution in [0.25, 0.3) is 11.0 Å². The van der Waals surface area contributed by atoms with Gasteiger partial charge in [-0.2, -0.15) is 17.6 Å². The van der Waals surface area contributed by atoms with Gasteiger partial charge < -0.3 is 4.74 Å². The van der Waals surface area contributed by atoms with Crippen molar-refractivity contribution in [2.75, 3.05) is 20.7 Å². The summed E-state index contributed by atoms with van der Waals surface area (Å²) in [5.41, 5.74) is 1.80. The van der Waals surface area contributed by atoms with Gasteiger partial charge in [-0.05, 0) is 87.8 Å². The van der Waals surface area contributed by atoms with Gasteiger partial charge in [0.25, 0.3) is 10.0 Å². The van der Waals surface area contributed by atoms with Crippen molar-refractivity contribution in [3.8, 4) is 0 Å². The highest BCUT2D eigenvalue weighted by molar-refractivity contribution is 7.90. The third kappa shape index (κ3) is 4.25. The van der Waals surface area contributed by atoms with E-state index in [0.717, 1.165) is 47.1 Å². The van der Waals surface area contributed by atoms with Crippen molar-refractivity contribution in [3.63, 3.8) is 0 Å². The van der Waals surface area contributed by atoms with Gasteiger partial charge in [-0.15, -0.1) is 0 Å². The summed E-state index contributed by atoms with van der Waals surface area (Å²) in [5.74, 6) is 0.112. The predicted molar refractivity (Wildman–Crippen MR) is 136 cm³/mol. The molecule has 9 nitrogen and oxygen atoms in total. The number of sulfonamides is 1. The summed E-state index contributed by atoms with van der Waals surface area (Å²) < 4.78 is 60.2. The number of hydrogen-bond donors (Lipinski definition) is 0. The summed E-state index contributed by atoms with van der Waals surface area (Å²) in [6.07, 6.45) is 6.52. The van der Waals surface area contributed by atoms with Crippen LogP contribution in [0.4, 0.5) is 0 Å². The third-order valence-corrected chi connectivity index (χ3v) is 11.0. The number of ether oxygens (including phenoxy) is 1. The molecule has 3 aromatic rings. The van der Waals surface area contributed by atoms with Gasteiger partial charge in [0.15, 0.2) is 0 Å². The topological polar surface area (TPSA) is 111 Å². The molecule has 0 unspecified atom stereocenters. The van der Waals surface area contributed by atoms with Crippen LogP contribution in [0.1, 0.15) is 57.6 Å². The maximum absolute atomic E-state index is 13.6. The summed E-state index contributed by atoms with van der Waals surface area (Å²) in [6, 6.07) is 8.62. The zero-order chi connectivity index (χ0) is 25.9. The predicted octanol–water partition coefficient (Wildman–Crippen LogP) is 3.76. The van der Waals surface area contributed by atoms with Crippen molar-refractivity contribution in [2.45, 2.75) is 67.3 Å². The first kappa shape index (κ1) is 25.3. The number of aromatic nitrogens is 3. The average Bonchev–Trinajstić information content (AvgIpc) is 3.37. The Bertz CT molecular complexity index is 1500. The highest BCUT2D eigenvalue weighted by atomic mass is 32.2. The van der Waals surface area contributed by atoms with E-state index in [0.29, 0.717) is 16.7 Å². The monoisotopic (exact) mass is 532 g/mol. The minimum Gasteiger partial charge on any atom is -0.375 e. The molecule has 0 N–H and O–H groups in total. The lowest BCUT2D eigenvalue weighted by atomic mass is 9.67. The van der Waals surface area contributed by atoms with Gasteiger partial charge >= 0.3 is 0 Å². The van der Waals surface area contributed by atoms with E-state index in [1.165, 1.54) is 38.4 Å². The summed E-state index contributed by atoms with van der Waals surface area (Å²) >= 11 is 0. The van der Waals surface area contributed by atoms with E-state index in [1.807, 2.05) is 0 Å². The van der Waals surface area contributed by atoms with Crippen molar-refractivity contribution in [1.29, 1.82) is 0 Å². The summed E-state index contributed by atoms with van der Waals surface area (Å²) in [7, 11) is -4.88. The van der Waals surface area contributed by atoms with Crippen molar-refractivity contribution >= 4 is 31.1 Å². The molecule has 5 rings (SSSR count). The zero-order valence-corrected chi connectivity index (χ0v) is 22.6. The summed E-state index contributed by atoms with van der Waals surface area (Å²) in [6.45, 7) is 5.05. The summed E-state index contributed by atoms with van der Waals surface area (Å²) in [5, 5.41) is 4.61. The van der Waals surface area contributed by atoms with E-state index in [4.69, 9.17) is 4.74 Å². The molecule has 2 aliphatic rings. The van der Waals surface area contributed by atoms with Crippen LogP contribution in [0.15, 0.2) is 52.4 Å². The molecule has 2 aromatic heterocycles. The quantitative estimate of drug-likeness (QED) is 0.492. The van der Waals surface area contributed by atoms with Crippen LogP contribution in [-0.4, -0.2) is 61.6 Å². The van der Waals surface area contributed by atoms with E-state index in [1.54, 1.807) is 18.3 Å². The number of benzene rings is 1. The molecular weight excluding hydrogens is 500 g/mol. The molecule has 0 radical (unpaired) electrons. The maximum atomic E-state index is 13.6. The lowest BCUT2D eigenvalue weighted by Gasteiger charge is -2.36. The number of nitrogens with zero attached hydrogens (tertiary/aromatic N) is 4. The lowest BCUT2D eigenvalue weighted by Crippen LogP contribution is -2.29. The average molecular weight is 533 g/mol. The molecule has 11 heteroatoms. The molecule has 3 heterocycles. The highest BCUT2D eigenvalue weighted by Gasteiger charge is 2.46. The third-order valence-electron chi connectivity index (χ3n) is 7.56. The fraction of sp³-hybridized carbons (Fsp3) is 0.520. The van der Waals surface area contributed by atoms with Gasteiger partial charge in [0.05, 0.1) is 27.7 Å². The number of hydrogen-bond acceptors (Lipinski definition) is 7. The number of pyridine rings is 1. The van der Waals surface area contributed by atoms with Crippen LogP contribution in [0.5, 0.6) is 0 Å². The minimum atomic E-state index is -4.07. The van der Waals surface area contributed by atoms with Gasteiger partial charge in [0.1, 0.15) is 11.0 Å². The van der Waals surface area contributed by atoms with Gasteiger partial charge in [-0.3, -0.25) is 4.98 Å². The van der Waals surface area contributed by atoms with Gasteiger partial charge in [0, 0.05) is 26.2 Å². The second-order valence-electron chi connectivity index (χ2n) is 10.9. The molecule has 194 valence electrons. The van der Waals surface area contributed by atoms with Crippen LogP contribution in [0.3, 0.4) is 0 Å². The molecule has 1 aliphatic carbocycles. The Morgan fingerprint density at radius 2 is 1.64 bits per heavy atom. The Kier molecular flexibility index (Phi) is 6.06. The van der Waals surface area contributed by atoms with Crippen LogP contribution < -0.4 is 0 Å². The molecule has 1 saturated carbocycles. The Labute approximate surface area is 212 Å². The Morgan fingerprint density at radius 3 is 2.22 bits per heavy atom. The van der Waals surface area contributed by atoms with E-state index in [-0.39, 0.29) is 26.7 Å². The minimum absolute atomic E-state index is 0.0225. The first-order valence-electron chi connectivity index (χ1n) is 12.1. The number of fused-ring (bicyclic) bond motifs is 1. The standard InChI is InChI=1S/C25H32N4O5S2/c1-24(2)16-25(17-34-24)13-11-18(12-14-25)22-23-21(6-5-15-26-23)29(27-22)36(32,33)20-9-7-19(8-10-20)35(30,31)28(3)4/h5-10,15,18H,11-14,16-17H2,1-4H3.